The van der Waals surface area contributed by atoms with E-state index in [-0.39, 0.29) is 5.41 Å². The molecule has 2 unspecified atom stereocenters. The van der Waals surface area contributed by atoms with Crippen LogP contribution in [0.5, 0.6) is 0 Å². The first kappa shape index (κ1) is 34.1. The van der Waals surface area contributed by atoms with E-state index in [0.29, 0.717) is 0 Å². The molecule has 0 saturated heterocycles. The second-order valence-electron chi connectivity index (χ2n) is 16.2. The summed E-state index contributed by atoms with van der Waals surface area (Å²) in [4.78, 5) is 2.39. The predicted octanol–water partition coefficient (Wildman–Crippen LogP) is 14.2. The largest absolute Gasteiger partial charge is 0.345 e. The summed E-state index contributed by atoms with van der Waals surface area (Å²) in [5.41, 5.74) is 19.0. The number of fused-ring (bicyclic) bond motifs is 2. The van der Waals surface area contributed by atoms with E-state index >= 15 is 0 Å². The van der Waals surface area contributed by atoms with Gasteiger partial charge in [-0.25, -0.2) is 0 Å². The maximum atomic E-state index is 2.59. The van der Waals surface area contributed by atoms with Crippen LogP contribution >= 0.6 is 0 Å². The number of hydrogen-bond donors (Lipinski definition) is 0. The Bertz CT molecular complexity index is 1700. The van der Waals surface area contributed by atoms with Crippen molar-refractivity contribution in [3.63, 3.8) is 0 Å². The van der Waals surface area contributed by atoms with Crippen molar-refractivity contribution in [1.82, 2.24) is 0 Å². The first-order chi connectivity index (χ1) is 23.9. The summed E-state index contributed by atoms with van der Waals surface area (Å²) < 4.78 is 0. The van der Waals surface area contributed by atoms with Gasteiger partial charge >= 0.3 is 0 Å². The van der Waals surface area contributed by atoms with Crippen molar-refractivity contribution in [2.24, 2.45) is 5.92 Å². The van der Waals surface area contributed by atoms with Gasteiger partial charge in [0, 0.05) is 23.8 Å². The lowest BCUT2D eigenvalue weighted by Gasteiger charge is -2.35. The van der Waals surface area contributed by atoms with Gasteiger partial charge in [-0.05, 0) is 162 Å². The third-order valence-electron chi connectivity index (χ3n) is 12.8. The molecule has 2 atom stereocenters. The Balaban J connectivity index is 1.12. The van der Waals surface area contributed by atoms with Crippen LogP contribution in [0.3, 0.4) is 0 Å². The number of rotatable bonds is 16. The molecule has 0 heterocycles. The van der Waals surface area contributed by atoms with Crippen LogP contribution in [0.2, 0.25) is 0 Å². The van der Waals surface area contributed by atoms with Gasteiger partial charge in [0.2, 0.25) is 0 Å². The minimum atomic E-state index is 0.0922. The summed E-state index contributed by atoms with van der Waals surface area (Å²) in [6, 6.07) is 18.3. The zero-order valence-corrected chi connectivity index (χ0v) is 31.2. The van der Waals surface area contributed by atoms with Crippen molar-refractivity contribution >= 4 is 16.9 Å². The number of unbranched alkanes of at least 4 members (excludes halogenated alkanes) is 4. The van der Waals surface area contributed by atoms with Gasteiger partial charge in [0.1, 0.15) is 0 Å². The average molecular weight is 652 g/mol. The zero-order chi connectivity index (χ0) is 33.8. The van der Waals surface area contributed by atoms with Gasteiger partial charge in [0.05, 0.1) is 0 Å². The van der Waals surface area contributed by atoms with Crippen molar-refractivity contribution in [3.05, 3.63) is 123 Å². The molecule has 1 nitrogen and oxygen atoms in total. The predicted molar refractivity (Wildman–Crippen MR) is 213 cm³/mol. The van der Waals surface area contributed by atoms with Crippen LogP contribution in [0, 0.1) is 5.92 Å². The third-order valence-corrected chi connectivity index (χ3v) is 12.8. The van der Waals surface area contributed by atoms with Gasteiger partial charge in [0.15, 0.2) is 0 Å². The van der Waals surface area contributed by atoms with Crippen LogP contribution in [-0.2, 0) is 5.41 Å². The second-order valence-corrected chi connectivity index (χ2v) is 16.2. The van der Waals surface area contributed by atoms with Crippen molar-refractivity contribution < 1.29 is 0 Å². The Kier molecular flexibility index (Phi) is 10.7. The molecule has 0 amide bonds. The third kappa shape index (κ3) is 7.29. The monoisotopic (exact) mass is 651 g/mol. The van der Waals surface area contributed by atoms with Gasteiger partial charge in [-0.15, -0.1) is 0 Å². The summed E-state index contributed by atoms with van der Waals surface area (Å²) in [6.07, 6.45) is 33.7. The summed E-state index contributed by atoms with van der Waals surface area (Å²) >= 11 is 0. The van der Waals surface area contributed by atoms with Crippen molar-refractivity contribution in [3.8, 4) is 0 Å². The molecule has 0 radical (unpaired) electrons. The van der Waals surface area contributed by atoms with Crippen molar-refractivity contribution in [2.75, 3.05) is 11.9 Å². The fraction of sp³-hybridized carbons (Fsp3) is 0.500. The molecule has 2 aromatic rings. The van der Waals surface area contributed by atoms with Crippen LogP contribution in [0.15, 0.2) is 112 Å². The van der Waals surface area contributed by atoms with E-state index < -0.39 is 0 Å². The molecular formula is C48H61N. The first-order valence-corrected chi connectivity index (χ1v) is 20.1. The van der Waals surface area contributed by atoms with E-state index in [0.717, 1.165) is 12.3 Å². The topological polar surface area (TPSA) is 3.24 Å². The van der Waals surface area contributed by atoms with E-state index in [1.165, 1.54) is 132 Å². The number of anilines is 2. The van der Waals surface area contributed by atoms with E-state index in [2.05, 4.69) is 106 Å². The normalized spacial score (nSPS) is 22.3. The molecule has 258 valence electrons. The van der Waals surface area contributed by atoms with Gasteiger partial charge in [0.25, 0.3) is 0 Å². The van der Waals surface area contributed by atoms with Gasteiger partial charge in [-0.3, -0.25) is 0 Å². The molecule has 0 N–H and O–H groups in total. The molecular weight excluding hydrogens is 591 g/mol. The highest BCUT2D eigenvalue weighted by molar-refractivity contribution is 5.84. The molecule has 49 heavy (non-hydrogen) atoms. The molecule has 5 aliphatic rings. The molecule has 0 aromatic heterocycles. The van der Waals surface area contributed by atoms with Crippen LogP contribution in [0.25, 0.3) is 5.57 Å². The van der Waals surface area contributed by atoms with E-state index in [1.807, 2.05) is 0 Å². The SMILES string of the molecule is CCC1=C(C=C(C)C)C(CCCCCC2=CC3=C(CC2)CC3)(CCCCCC2=CC=C3CCC3C2)c2cc(N(C)c3ccccc3)ccc21. The summed E-state index contributed by atoms with van der Waals surface area (Å²) in [5.74, 6) is 0.882. The molecule has 1 saturated carbocycles. The minimum Gasteiger partial charge on any atom is -0.345 e. The number of benzene rings is 2. The molecule has 0 spiro atoms. The minimum absolute atomic E-state index is 0.0922. The second kappa shape index (κ2) is 15.3. The highest BCUT2D eigenvalue weighted by Crippen LogP contribution is 2.55. The Labute approximate surface area is 298 Å². The van der Waals surface area contributed by atoms with Crippen molar-refractivity contribution in [1.29, 1.82) is 0 Å². The molecule has 1 fully saturated rings. The van der Waals surface area contributed by atoms with Crippen LogP contribution < -0.4 is 4.90 Å². The van der Waals surface area contributed by atoms with Crippen molar-refractivity contribution in [2.45, 2.75) is 142 Å². The Morgan fingerprint density at radius 2 is 1.55 bits per heavy atom. The summed E-state index contributed by atoms with van der Waals surface area (Å²) in [7, 11) is 2.24. The Morgan fingerprint density at radius 1 is 0.796 bits per heavy atom. The highest BCUT2D eigenvalue weighted by atomic mass is 15.1. The highest BCUT2D eigenvalue weighted by Gasteiger charge is 2.43. The van der Waals surface area contributed by atoms with Gasteiger partial charge in [-0.2, -0.15) is 0 Å². The molecule has 5 aliphatic carbocycles. The van der Waals surface area contributed by atoms with Gasteiger partial charge in [-0.1, -0.05) is 109 Å². The van der Waals surface area contributed by atoms with Crippen LogP contribution in [0.4, 0.5) is 11.4 Å². The molecule has 2 aromatic carbocycles. The lowest BCUT2D eigenvalue weighted by molar-refractivity contribution is 0.396. The Morgan fingerprint density at radius 3 is 2.18 bits per heavy atom. The van der Waals surface area contributed by atoms with E-state index in [1.54, 1.807) is 44.6 Å². The maximum absolute atomic E-state index is 2.59. The summed E-state index contributed by atoms with van der Waals surface area (Å²) in [6.45, 7) is 7.01. The lowest BCUT2D eigenvalue weighted by Crippen LogP contribution is -2.27. The lowest BCUT2D eigenvalue weighted by atomic mass is 9.69. The molecule has 0 bridgehead atoms. The van der Waals surface area contributed by atoms with E-state index in [4.69, 9.17) is 0 Å². The smallest absolute Gasteiger partial charge is 0.0411 e. The van der Waals surface area contributed by atoms with E-state index in [9.17, 15) is 0 Å². The fourth-order valence-electron chi connectivity index (χ4n) is 9.74. The quantitative estimate of drug-likeness (QED) is 0.163. The number of nitrogens with zero attached hydrogens (tertiary/aromatic N) is 1. The number of allylic oxidation sites excluding steroid dienone is 12. The summed E-state index contributed by atoms with van der Waals surface area (Å²) in [5, 5.41) is 0. The fourth-order valence-corrected chi connectivity index (χ4v) is 9.74. The average Bonchev–Trinajstić information content (AvgIpc) is 3.33. The van der Waals surface area contributed by atoms with Crippen LogP contribution in [-0.4, -0.2) is 7.05 Å². The molecule has 1 heteroatoms. The molecule has 0 aliphatic heterocycles. The molecule has 7 rings (SSSR count). The maximum Gasteiger partial charge on any atom is 0.0411 e. The number of hydrogen-bond acceptors (Lipinski definition) is 1. The standard InChI is InChI=1S/C48H61N/c1-5-44-45-28-27-43(49(4)42-17-11-6-12-18-42)34-47(45)48(46(44)31-35(2)3,29-13-7-9-15-36-19-21-38-23-25-40(38)32-36)30-14-8-10-16-37-20-22-39-24-26-41(39)33-37/h6,11-12,17-19,21,27-28,31,33-34,40H,5,7-10,13-16,20,22-26,29-30,32H2,1-4H3. The van der Waals surface area contributed by atoms with Crippen LogP contribution in [0.1, 0.15) is 147 Å². The number of para-hydroxylation sites is 1. The zero-order valence-electron chi connectivity index (χ0n) is 31.2. The van der Waals surface area contributed by atoms with Gasteiger partial charge < -0.3 is 4.90 Å². The Hall–Kier alpha value is -3.32. The first-order valence-electron chi connectivity index (χ1n) is 20.1.